The second-order valence-electron chi connectivity index (χ2n) is 9.04. The van der Waals surface area contributed by atoms with Gasteiger partial charge in [0.15, 0.2) is 0 Å². The Labute approximate surface area is 213 Å². The van der Waals surface area contributed by atoms with Crippen LogP contribution in [0, 0.1) is 12.8 Å². The van der Waals surface area contributed by atoms with E-state index in [2.05, 4.69) is 5.32 Å². The molecule has 0 bridgehead atoms. The van der Waals surface area contributed by atoms with Crippen molar-refractivity contribution in [2.24, 2.45) is 5.92 Å². The van der Waals surface area contributed by atoms with E-state index in [4.69, 9.17) is 0 Å². The van der Waals surface area contributed by atoms with E-state index in [0.29, 0.717) is 19.6 Å². The van der Waals surface area contributed by atoms with Crippen LogP contribution in [0.1, 0.15) is 35.4 Å². The van der Waals surface area contributed by atoms with Gasteiger partial charge in [-0.2, -0.15) is 13.2 Å². The molecule has 36 heavy (non-hydrogen) atoms. The molecule has 3 amide bonds. The quantitative estimate of drug-likeness (QED) is 0.340. The van der Waals surface area contributed by atoms with Gasteiger partial charge in [-0.05, 0) is 59.7 Å². The zero-order valence-corrected chi connectivity index (χ0v) is 21.3. The van der Waals surface area contributed by atoms with Crippen LogP contribution in [-0.4, -0.2) is 34.8 Å². The number of carbonyl (C=O) groups excluding carboxylic acids is 2. The normalized spacial score (nSPS) is 11.4. The zero-order chi connectivity index (χ0) is 26.3. The SMILES string of the molecule is Cc1ccsc1CN(Cc1ccccc1)C(=O)CN(CC(C)C)C(=O)Nc1ccc(C(F)(F)F)cc1. The molecular weight excluding hydrogens is 487 g/mol. The van der Waals surface area contributed by atoms with E-state index in [1.54, 1.807) is 16.2 Å². The van der Waals surface area contributed by atoms with Gasteiger partial charge in [0.05, 0.1) is 12.1 Å². The van der Waals surface area contributed by atoms with Crippen molar-refractivity contribution < 1.29 is 22.8 Å². The number of aryl methyl sites for hydroxylation is 1. The van der Waals surface area contributed by atoms with E-state index in [1.165, 1.54) is 17.0 Å². The van der Waals surface area contributed by atoms with Crippen LogP contribution in [0.5, 0.6) is 0 Å². The summed E-state index contributed by atoms with van der Waals surface area (Å²) in [6, 6.07) is 15.3. The third kappa shape index (κ3) is 7.84. The average Bonchev–Trinajstić information content (AvgIpc) is 3.22. The number of nitrogens with one attached hydrogen (secondary N) is 1. The molecule has 3 rings (SSSR count). The number of halogens is 3. The Hall–Kier alpha value is -3.33. The van der Waals surface area contributed by atoms with Crippen molar-refractivity contribution >= 4 is 29.0 Å². The van der Waals surface area contributed by atoms with Crippen molar-refractivity contribution in [3.8, 4) is 0 Å². The molecule has 1 aromatic heterocycles. The van der Waals surface area contributed by atoms with Crippen molar-refractivity contribution in [2.75, 3.05) is 18.4 Å². The minimum Gasteiger partial charge on any atom is -0.332 e. The summed E-state index contributed by atoms with van der Waals surface area (Å²) in [5.41, 5.74) is 1.51. The largest absolute Gasteiger partial charge is 0.416 e. The number of thiophene rings is 1. The van der Waals surface area contributed by atoms with E-state index < -0.39 is 17.8 Å². The molecule has 0 radical (unpaired) electrons. The Bertz CT molecular complexity index is 1150. The van der Waals surface area contributed by atoms with E-state index in [9.17, 15) is 22.8 Å². The van der Waals surface area contributed by atoms with Crippen molar-refractivity contribution in [2.45, 2.75) is 40.0 Å². The molecule has 0 saturated carbocycles. The maximum atomic E-state index is 13.5. The number of hydrogen-bond donors (Lipinski definition) is 1. The molecular formula is C27H30F3N3O2S. The lowest BCUT2D eigenvalue weighted by Crippen LogP contribution is -2.45. The topological polar surface area (TPSA) is 52.7 Å². The Morgan fingerprint density at radius 2 is 1.61 bits per heavy atom. The van der Waals surface area contributed by atoms with Gasteiger partial charge in [-0.15, -0.1) is 11.3 Å². The summed E-state index contributed by atoms with van der Waals surface area (Å²) in [6.07, 6.45) is -4.46. The third-order valence-corrected chi connectivity index (χ3v) is 6.54. The summed E-state index contributed by atoms with van der Waals surface area (Å²) in [7, 11) is 0. The molecule has 1 heterocycles. The molecule has 0 atom stereocenters. The lowest BCUT2D eigenvalue weighted by molar-refractivity contribution is -0.137. The number of alkyl halides is 3. The summed E-state index contributed by atoms with van der Waals surface area (Å²) in [5, 5.41) is 4.61. The predicted molar refractivity (Wildman–Crippen MR) is 137 cm³/mol. The van der Waals surface area contributed by atoms with Gasteiger partial charge in [0.25, 0.3) is 0 Å². The smallest absolute Gasteiger partial charge is 0.332 e. The Balaban J connectivity index is 1.76. The number of urea groups is 1. The summed E-state index contributed by atoms with van der Waals surface area (Å²) >= 11 is 1.58. The number of rotatable bonds is 9. The molecule has 0 saturated heterocycles. The lowest BCUT2D eigenvalue weighted by atomic mass is 10.2. The first kappa shape index (κ1) is 27.3. The van der Waals surface area contributed by atoms with Gasteiger partial charge in [0, 0.05) is 23.7 Å². The molecule has 0 aliphatic heterocycles. The molecule has 0 aliphatic carbocycles. The van der Waals surface area contributed by atoms with Crippen LogP contribution in [0.25, 0.3) is 0 Å². The Kier molecular flexibility index (Phi) is 9.14. The van der Waals surface area contributed by atoms with Gasteiger partial charge < -0.3 is 15.1 Å². The summed E-state index contributed by atoms with van der Waals surface area (Å²) < 4.78 is 38.6. The minimum atomic E-state index is -4.46. The minimum absolute atomic E-state index is 0.0817. The molecule has 5 nitrogen and oxygen atoms in total. The van der Waals surface area contributed by atoms with Crippen molar-refractivity contribution in [1.29, 1.82) is 0 Å². The van der Waals surface area contributed by atoms with Gasteiger partial charge in [0.2, 0.25) is 5.91 Å². The first-order valence-electron chi connectivity index (χ1n) is 11.6. The number of benzene rings is 2. The fraction of sp³-hybridized carbons (Fsp3) is 0.333. The molecule has 0 spiro atoms. The lowest BCUT2D eigenvalue weighted by Gasteiger charge is -2.29. The summed E-state index contributed by atoms with van der Waals surface area (Å²) in [6.45, 7) is 6.84. The van der Waals surface area contributed by atoms with Crippen LogP contribution in [0.4, 0.5) is 23.7 Å². The van der Waals surface area contributed by atoms with Crippen molar-refractivity contribution in [3.05, 3.63) is 87.6 Å². The Morgan fingerprint density at radius 3 is 2.17 bits per heavy atom. The zero-order valence-electron chi connectivity index (χ0n) is 20.5. The number of amides is 3. The standard InChI is InChI=1S/C27H30F3N3O2S/c1-19(2)15-33(26(35)31-23-11-9-22(10-12-23)27(28,29)30)18-25(34)32(16-21-7-5-4-6-8-21)17-24-20(3)13-14-36-24/h4-14,19H,15-18H2,1-3H3,(H,31,35). The molecule has 192 valence electrons. The van der Waals surface area contributed by atoms with Crippen molar-refractivity contribution in [1.82, 2.24) is 9.80 Å². The second kappa shape index (κ2) is 12.1. The highest BCUT2D eigenvalue weighted by Gasteiger charge is 2.30. The molecule has 0 fully saturated rings. The highest BCUT2D eigenvalue weighted by molar-refractivity contribution is 7.10. The number of hydrogen-bond acceptors (Lipinski definition) is 3. The molecule has 0 unspecified atom stereocenters. The summed E-state index contributed by atoms with van der Waals surface area (Å²) in [4.78, 5) is 30.7. The van der Waals surface area contributed by atoms with Crippen LogP contribution in [-0.2, 0) is 24.1 Å². The van der Waals surface area contributed by atoms with Gasteiger partial charge in [-0.3, -0.25) is 4.79 Å². The molecule has 0 aliphatic rings. The van der Waals surface area contributed by atoms with E-state index in [-0.39, 0.29) is 24.1 Å². The number of carbonyl (C=O) groups is 2. The monoisotopic (exact) mass is 517 g/mol. The fourth-order valence-corrected chi connectivity index (χ4v) is 4.56. The second-order valence-corrected chi connectivity index (χ2v) is 10.0. The van der Waals surface area contributed by atoms with Crippen LogP contribution < -0.4 is 5.32 Å². The van der Waals surface area contributed by atoms with Crippen LogP contribution in [0.3, 0.4) is 0 Å². The molecule has 1 N–H and O–H groups in total. The van der Waals surface area contributed by atoms with Crippen LogP contribution in [0.2, 0.25) is 0 Å². The number of anilines is 1. The predicted octanol–water partition coefficient (Wildman–Crippen LogP) is 6.79. The molecule has 9 heteroatoms. The Morgan fingerprint density at radius 1 is 0.944 bits per heavy atom. The van der Waals surface area contributed by atoms with E-state index >= 15 is 0 Å². The fourth-order valence-electron chi connectivity index (χ4n) is 3.64. The molecule has 2 aromatic carbocycles. The van der Waals surface area contributed by atoms with Gasteiger partial charge >= 0.3 is 12.2 Å². The summed E-state index contributed by atoms with van der Waals surface area (Å²) in [5.74, 6) is -0.131. The average molecular weight is 518 g/mol. The van der Waals surface area contributed by atoms with Gasteiger partial charge in [-0.1, -0.05) is 44.2 Å². The highest BCUT2D eigenvalue weighted by Crippen LogP contribution is 2.30. The van der Waals surface area contributed by atoms with Crippen molar-refractivity contribution in [3.63, 3.8) is 0 Å². The van der Waals surface area contributed by atoms with Crippen LogP contribution >= 0.6 is 11.3 Å². The maximum absolute atomic E-state index is 13.5. The first-order chi connectivity index (χ1) is 17.0. The first-order valence-corrected chi connectivity index (χ1v) is 12.5. The van der Waals surface area contributed by atoms with E-state index in [1.807, 2.05) is 62.5 Å². The molecule has 3 aromatic rings. The van der Waals surface area contributed by atoms with Gasteiger partial charge in [-0.25, -0.2) is 4.79 Å². The van der Waals surface area contributed by atoms with E-state index in [0.717, 1.165) is 28.1 Å². The maximum Gasteiger partial charge on any atom is 0.416 e. The third-order valence-electron chi connectivity index (χ3n) is 5.53. The highest BCUT2D eigenvalue weighted by atomic mass is 32.1. The van der Waals surface area contributed by atoms with Gasteiger partial charge in [0.1, 0.15) is 6.54 Å². The van der Waals surface area contributed by atoms with Crippen LogP contribution in [0.15, 0.2) is 66.0 Å². The number of nitrogens with zero attached hydrogens (tertiary/aromatic N) is 2.